The van der Waals surface area contributed by atoms with Crippen molar-refractivity contribution in [3.8, 4) is 0 Å². The molecule has 17 heavy (non-hydrogen) atoms. The Hall–Kier alpha value is -1.23. The third kappa shape index (κ3) is 2.24. The highest BCUT2D eigenvalue weighted by Gasteiger charge is 2.14. The predicted molar refractivity (Wildman–Crippen MR) is 68.7 cm³/mol. The normalized spacial score (nSPS) is 11.2. The highest BCUT2D eigenvalue weighted by Crippen LogP contribution is 2.31. The zero-order chi connectivity index (χ0) is 12.6. The second-order valence-corrected chi connectivity index (χ2v) is 4.68. The second-order valence-electron chi connectivity index (χ2n) is 3.76. The molecule has 0 aliphatic heterocycles. The van der Waals surface area contributed by atoms with Gasteiger partial charge in [-0.3, -0.25) is 0 Å². The fourth-order valence-corrected chi connectivity index (χ4v) is 2.37. The highest BCUT2D eigenvalue weighted by molar-refractivity contribution is 9.10. The summed E-state index contributed by atoms with van der Waals surface area (Å²) in [7, 11) is 1.71. The monoisotopic (exact) mass is 300 g/mol. The first-order valence-corrected chi connectivity index (χ1v) is 5.89. The number of rotatable bonds is 2. The Morgan fingerprint density at radius 2 is 2.00 bits per heavy atom. The molecule has 0 saturated heterocycles. The smallest absolute Gasteiger partial charge is 0.280 e. The summed E-state index contributed by atoms with van der Waals surface area (Å²) >= 11 is 3.39. The summed E-state index contributed by atoms with van der Waals surface area (Å²) in [6, 6.07) is 5.12. The minimum Gasteiger partial charge on any atom is -0.388 e. The van der Waals surface area contributed by atoms with Crippen molar-refractivity contribution in [2.24, 2.45) is 0 Å². The van der Waals surface area contributed by atoms with Crippen molar-refractivity contribution in [2.75, 3.05) is 12.4 Å². The lowest BCUT2D eigenvalue weighted by Crippen LogP contribution is -1.98. The summed E-state index contributed by atoms with van der Waals surface area (Å²) < 4.78 is 26.4. The van der Waals surface area contributed by atoms with Gasteiger partial charge < -0.3 is 5.32 Å². The third-order valence-corrected chi connectivity index (χ3v) is 3.04. The maximum atomic E-state index is 12.7. The number of halogens is 3. The molecule has 0 unspecified atom stereocenters. The van der Waals surface area contributed by atoms with Gasteiger partial charge in [-0.25, -0.2) is 13.8 Å². The average molecular weight is 301 g/mol. The van der Waals surface area contributed by atoms with E-state index in [9.17, 15) is 8.78 Å². The summed E-state index contributed by atoms with van der Waals surface area (Å²) in [5.41, 5.74) is 1.94. The number of aryl methyl sites for hydroxylation is 1. The van der Waals surface area contributed by atoms with Crippen molar-refractivity contribution in [3.05, 3.63) is 33.9 Å². The molecule has 1 N–H and O–H groups in total. The molecule has 0 atom stereocenters. The van der Waals surface area contributed by atoms with Crippen LogP contribution in [0.2, 0.25) is 0 Å². The van der Waals surface area contributed by atoms with Crippen molar-refractivity contribution in [3.63, 3.8) is 0 Å². The van der Waals surface area contributed by atoms with Crippen LogP contribution in [0, 0.1) is 6.92 Å². The fourth-order valence-electron chi connectivity index (χ4n) is 1.79. The first kappa shape index (κ1) is 12.2. The van der Waals surface area contributed by atoms with E-state index in [2.05, 4.69) is 26.2 Å². The second kappa shape index (κ2) is 4.56. The number of nitrogens with zero attached hydrogens (tertiary/aromatic N) is 1. The van der Waals surface area contributed by atoms with E-state index in [-0.39, 0.29) is 5.69 Å². The van der Waals surface area contributed by atoms with E-state index in [1.165, 1.54) is 6.07 Å². The van der Waals surface area contributed by atoms with Gasteiger partial charge in [-0.05, 0) is 30.7 Å². The van der Waals surface area contributed by atoms with Crippen molar-refractivity contribution in [2.45, 2.75) is 13.3 Å². The largest absolute Gasteiger partial charge is 0.388 e. The van der Waals surface area contributed by atoms with Crippen LogP contribution in [0.25, 0.3) is 10.9 Å². The summed E-state index contributed by atoms with van der Waals surface area (Å²) in [5.74, 6) is 0. The molecule has 0 amide bonds. The number of hydrogen-bond donors (Lipinski definition) is 1. The molecule has 2 nitrogen and oxygen atoms in total. The Morgan fingerprint density at radius 3 is 2.59 bits per heavy atom. The van der Waals surface area contributed by atoms with E-state index in [1.54, 1.807) is 7.05 Å². The standard InChI is InChI=1S/C12H11BrF2N2/c1-6-3-7(13)4-8-9(16-2)5-10(12(14)15)17-11(6)8/h3-5,12H,1-2H3,(H,16,17). The van der Waals surface area contributed by atoms with Gasteiger partial charge in [0.2, 0.25) is 0 Å². The molecule has 0 saturated carbocycles. The Bertz CT molecular complexity index is 570. The van der Waals surface area contributed by atoms with Crippen LogP contribution in [0.5, 0.6) is 0 Å². The van der Waals surface area contributed by atoms with E-state index in [0.717, 1.165) is 15.4 Å². The van der Waals surface area contributed by atoms with Crippen LogP contribution in [0.1, 0.15) is 17.7 Å². The summed E-state index contributed by atoms with van der Waals surface area (Å²) in [4.78, 5) is 4.01. The number of pyridine rings is 1. The summed E-state index contributed by atoms with van der Waals surface area (Å²) in [6.45, 7) is 1.86. The third-order valence-electron chi connectivity index (χ3n) is 2.58. The fraction of sp³-hybridized carbons (Fsp3) is 0.250. The van der Waals surface area contributed by atoms with Gasteiger partial charge >= 0.3 is 0 Å². The quantitative estimate of drug-likeness (QED) is 0.895. The minimum absolute atomic E-state index is 0.202. The van der Waals surface area contributed by atoms with Crippen molar-refractivity contribution in [1.82, 2.24) is 4.98 Å². The maximum absolute atomic E-state index is 12.7. The van der Waals surface area contributed by atoms with E-state index in [1.807, 2.05) is 19.1 Å². The van der Waals surface area contributed by atoms with Crippen LogP contribution in [0.15, 0.2) is 22.7 Å². The van der Waals surface area contributed by atoms with E-state index >= 15 is 0 Å². The molecule has 1 heterocycles. The van der Waals surface area contributed by atoms with Crippen LogP contribution >= 0.6 is 15.9 Å². The van der Waals surface area contributed by atoms with E-state index < -0.39 is 6.43 Å². The Kier molecular flexibility index (Phi) is 3.28. The van der Waals surface area contributed by atoms with Crippen molar-refractivity contribution >= 4 is 32.5 Å². The molecule has 2 aromatic rings. The number of aromatic nitrogens is 1. The molecule has 0 bridgehead atoms. The molecule has 0 aliphatic rings. The van der Waals surface area contributed by atoms with Crippen LogP contribution < -0.4 is 5.32 Å². The Labute approximate surface area is 106 Å². The SMILES string of the molecule is CNc1cc(C(F)F)nc2c(C)cc(Br)cc12. The maximum Gasteiger partial charge on any atom is 0.280 e. The summed E-state index contributed by atoms with van der Waals surface area (Å²) in [6.07, 6.45) is -2.56. The number of benzene rings is 1. The molecule has 2 rings (SSSR count). The van der Waals surface area contributed by atoms with E-state index in [4.69, 9.17) is 0 Å². The lowest BCUT2D eigenvalue weighted by Gasteiger charge is -2.11. The molecule has 0 radical (unpaired) electrons. The van der Waals surface area contributed by atoms with Crippen LogP contribution in [0.3, 0.4) is 0 Å². The molecule has 0 aliphatic carbocycles. The molecule has 5 heteroatoms. The molecular weight excluding hydrogens is 290 g/mol. The van der Waals surface area contributed by atoms with Gasteiger partial charge in [-0.2, -0.15) is 0 Å². The highest BCUT2D eigenvalue weighted by atomic mass is 79.9. The molecule has 90 valence electrons. The topological polar surface area (TPSA) is 24.9 Å². The van der Waals surface area contributed by atoms with Crippen molar-refractivity contribution < 1.29 is 8.78 Å². The van der Waals surface area contributed by atoms with Gasteiger partial charge in [-0.15, -0.1) is 0 Å². The number of anilines is 1. The predicted octanol–water partition coefficient (Wildman–Crippen LogP) is 4.29. The van der Waals surface area contributed by atoms with Crippen LogP contribution in [0.4, 0.5) is 14.5 Å². The number of nitrogens with one attached hydrogen (secondary N) is 1. The van der Waals surface area contributed by atoms with Gasteiger partial charge in [0.15, 0.2) is 0 Å². The van der Waals surface area contributed by atoms with Crippen LogP contribution in [-0.2, 0) is 0 Å². The molecule has 0 fully saturated rings. The number of hydrogen-bond acceptors (Lipinski definition) is 2. The van der Waals surface area contributed by atoms with Gasteiger partial charge in [-0.1, -0.05) is 15.9 Å². The van der Waals surface area contributed by atoms with Crippen LogP contribution in [-0.4, -0.2) is 12.0 Å². The lowest BCUT2D eigenvalue weighted by molar-refractivity contribution is 0.146. The first-order valence-electron chi connectivity index (χ1n) is 5.09. The van der Waals surface area contributed by atoms with Crippen molar-refractivity contribution in [1.29, 1.82) is 0 Å². The van der Waals surface area contributed by atoms with Gasteiger partial charge in [0.05, 0.1) is 5.52 Å². The Balaban J connectivity index is 2.82. The first-order chi connectivity index (χ1) is 8.02. The zero-order valence-corrected chi connectivity index (χ0v) is 11.0. The van der Waals surface area contributed by atoms with E-state index in [0.29, 0.717) is 11.2 Å². The molecule has 1 aromatic heterocycles. The van der Waals surface area contributed by atoms with Gasteiger partial charge in [0.25, 0.3) is 6.43 Å². The molecule has 1 aromatic carbocycles. The minimum atomic E-state index is -2.56. The Morgan fingerprint density at radius 1 is 1.29 bits per heavy atom. The van der Waals surface area contributed by atoms with Gasteiger partial charge in [0.1, 0.15) is 5.69 Å². The zero-order valence-electron chi connectivity index (χ0n) is 9.39. The lowest BCUT2D eigenvalue weighted by atomic mass is 10.1. The number of alkyl halides is 2. The number of fused-ring (bicyclic) bond motifs is 1. The summed E-state index contributed by atoms with van der Waals surface area (Å²) in [5, 5.41) is 3.76. The average Bonchev–Trinajstić information content (AvgIpc) is 2.27. The molecule has 0 spiro atoms. The van der Waals surface area contributed by atoms with Gasteiger partial charge in [0, 0.05) is 22.6 Å². The molecular formula is C12H11BrF2N2.